The van der Waals surface area contributed by atoms with Gasteiger partial charge in [0, 0.05) is 37.1 Å². The maximum absolute atomic E-state index is 12.7. The van der Waals surface area contributed by atoms with Gasteiger partial charge in [-0.25, -0.2) is 28.6 Å². The van der Waals surface area contributed by atoms with E-state index < -0.39 is 84.6 Å². The van der Waals surface area contributed by atoms with Crippen molar-refractivity contribution < 1.29 is 80.5 Å². The first-order valence-electron chi connectivity index (χ1n) is 21.6. The first-order valence-corrected chi connectivity index (χ1v) is 27.1. The number of fused-ring (bicyclic) bond motifs is 1. The zero-order valence-corrected chi connectivity index (χ0v) is 40.5. The Labute approximate surface area is 382 Å². The van der Waals surface area contributed by atoms with Gasteiger partial charge in [0.25, 0.3) is 0 Å². The molecule has 24 nitrogen and oxygen atoms in total. The minimum absolute atomic E-state index is 0.0338. The van der Waals surface area contributed by atoms with Crippen LogP contribution in [0.4, 0.5) is 5.82 Å². The molecular formula is C37H66N7O17P3S. The van der Waals surface area contributed by atoms with Gasteiger partial charge in [-0.2, -0.15) is 4.31 Å². The molecule has 0 spiro atoms. The molecule has 1 aliphatic heterocycles. The first-order chi connectivity index (χ1) is 30.6. The van der Waals surface area contributed by atoms with Crippen molar-refractivity contribution in [2.75, 3.05) is 37.8 Å². The van der Waals surface area contributed by atoms with Gasteiger partial charge in [0.1, 0.15) is 36.3 Å². The fourth-order valence-corrected chi connectivity index (χ4v) is 10.2. The van der Waals surface area contributed by atoms with Crippen LogP contribution in [-0.4, -0.2) is 123 Å². The van der Waals surface area contributed by atoms with Crippen molar-refractivity contribution in [2.24, 2.45) is 5.41 Å². The highest BCUT2D eigenvalue weighted by atomic mass is 32.2. The number of thioether (sulfide) groups is 1. The Morgan fingerprint density at radius 3 is 2.09 bits per heavy atom. The fourth-order valence-electron chi connectivity index (χ4n) is 6.65. The fraction of sp³-hybridized carbons (Fsp3) is 0.784. The Bertz CT molecular complexity index is 1960. The van der Waals surface area contributed by atoms with E-state index in [9.17, 15) is 57.9 Å². The van der Waals surface area contributed by atoms with E-state index in [4.69, 9.17) is 19.5 Å². The summed E-state index contributed by atoms with van der Waals surface area (Å²) in [6, 6.07) is 0. The highest BCUT2D eigenvalue weighted by Gasteiger charge is 2.50. The van der Waals surface area contributed by atoms with Crippen LogP contribution in [0.3, 0.4) is 0 Å². The molecule has 3 heterocycles. The summed E-state index contributed by atoms with van der Waals surface area (Å²) in [5, 5.41) is 26.6. The number of nitrogens with zero attached hydrogens (tertiary/aromatic N) is 4. The third kappa shape index (κ3) is 20.8. The van der Waals surface area contributed by atoms with Crippen LogP contribution in [0.2, 0.25) is 0 Å². The molecule has 2 aromatic rings. The molecule has 65 heavy (non-hydrogen) atoms. The van der Waals surface area contributed by atoms with Crippen molar-refractivity contribution in [1.29, 1.82) is 0 Å². The van der Waals surface area contributed by atoms with E-state index in [1.165, 1.54) is 78.1 Å². The summed E-state index contributed by atoms with van der Waals surface area (Å²) in [6.07, 6.45) is 9.53. The zero-order chi connectivity index (χ0) is 48.3. The SMILES string of the molecule is CCCCCCCCCCCCCCCC(=O)SCCNC(=O)CCNC(=O)[C@H](O)C(C)(C)COP(=O)(O)OP(=O)(O)OC[C@H]1O[C@@H](n2cnc3c(N)ncnc32)[C@@H](O)[C@H]1OP(=O)(O)O. The predicted octanol–water partition coefficient (Wildman–Crippen LogP) is 4.15. The summed E-state index contributed by atoms with van der Waals surface area (Å²) in [5.41, 5.74) is 4.29. The van der Waals surface area contributed by atoms with Gasteiger partial charge >= 0.3 is 23.5 Å². The molecule has 10 N–H and O–H groups in total. The molecule has 0 aliphatic carbocycles. The molecule has 2 unspecified atom stereocenters. The van der Waals surface area contributed by atoms with Gasteiger partial charge in [-0.05, 0) is 6.42 Å². The van der Waals surface area contributed by atoms with Gasteiger partial charge < -0.3 is 50.9 Å². The lowest BCUT2D eigenvalue weighted by Gasteiger charge is -2.30. The van der Waals surface area contributed by atoms with Gasteiger partial charge in [-0.3, -0.25) is 32.5 Å². The summed E-state index contributed by atoms with van der Waals surface area (Å²) < 4.78 is 62.4. The van der Waals surface area contributed by atoms with Crippen molar-refractivity contribution in [1.82, 2.24) is 30.2 Å². The molecule has 2 amide bonds. The number of nitrogens with one attached hydrogen (secondary N) is 2. The second-order valence-corrected chi connectivity index (χ2v) is 21.7. The second kappa shape index (κ2) is 27.5. The van der Waals surface area contributed by atoms with E-state index in [-0.39, 0.29) is 41.6 Å². The number of aromatic nitrogens is 4. The van der Waals surface area contributed by atoms with Crippen molar-refractivity contribution >= 4 is 69.1 Å². The molecule has 1 saturated heterocycles. The highest BCUT2D eigenvalue weighted by molar-refractivity contribution is 8.13. The minimum Gasteiger partial charge on any atom is -0.386 e. The molecule has 28 heteroatoms. The number of aliphatic hydroxyl groups is 2. The van der Waals surface area contributed by atoms with Gasteiger partial charge in [-0.1, -0.05) is 110 Å². The average Bonchev–Trinajstić information content (AvgIpc) is 3.79. The maximum Gasteiger partial charge on any atom is 0.481 e. The van der Waals surface area contributed by atoms with Crippen molar-refractivity contribution in [2.45, 2.75) is 148 Å². The molecule has 3 rings (SSSR count). The Morgan fingerprint density at radius 2 is 1.48 bits per heavy atom. The van der Waals surface area contributed by atoms with Gasteiger partial charge in [0.05, 0.1) is 19.5 Å². The molecule has 2 aromatic heterocycles. The van der Waals surface area contributed by atoms with Crippen LogP contribution < -0.4 is 16.4 Å². The molecule has 372 valence electrons. The minimum atomic E-state index is -5.57. The number of anilines is 1. The zero-order valence-electron chi connectivity index (χ0n) is 37.0. The lowest BCUT2D eigenvalue weighted by Crippen LogP contribution is -2.46. The van der Waals surface area contributed by atoms with Crippen molar-refractivity contribution in [3.8, 4) is 0 Å². The number of imidazole rings is 1. The van der Waals surface area contributed by atoms with E-state index in [0.29, 0.717) is 12.2 Å². The van der Waals surface area contributed by atoms with E-state index in [1.54, 1.807) is 0 Å². The topological polar surface area (TPSA) is 364 Å². The standard InChI is InChI=1S/C37H66N7O17P3S/c1-4-5-6-7-8-9-10-11-12-13-14-15-16-17-28(46)65-21-20-39-27(45)18-19-40-35(49)32(48)37(2,3)23-58-64(55,56)61-63(53,54)57-22-26-31(60-62(50,51)52)30(47)36(59-26)44-25-43-29-33(38)41-24-42-34(29)44/h24-26,30-32,36,47-48H,4-23H2,1-3H3,(H,39,45)(H,40,49)(H,53,54)(H,55,56)(H2,38,41,42)(H2,50,51,52)/t26-,30+,31+,32+,36-/m1/s1. The Morgan fingerprint density at radius 1 is 0.877 bits per heavy atom. The number of carbonyl (C=O) groups excluding carboxylic acids is 3. The summed E-state index contributed by atoms with van der Waals surface area (Å²) >= 11 is 1.15. The molecule has 1 fully saturated rings. The van der Waals surface area contributed by atoms with E-state index in [2.05, 4.69) is 41.3 Å². The number of carbonyl (C=O) groups is 3. The summed E-state index contributed by atoms with van der Waals surface area (Å²) in [4.78, 5) is 88.3. The Balaban J connectivity index is 1.32. The molecule has 7 atom stereocenters. The largest absolute Gasteiger partial charge is 0.481 e. The van der Waals surface area contributed by atoms with Crippen LogP contribution in [-0.2, 0) is 50.7 Å². The molecule has 0 radical (unpaired) electrons. The van der Waals surface area contributed by atoms with Crippen LogP contribution in [0.5, 0.6) is 0 Å². The van der Waals surface area contributed by atoms with Crippen LogP contribution in [0.15, 0.2) is 12.7 Å². The monoisotopic (exact) mass is 1010 g/mol. The summed E-state index contributed by atoms with van der Waals surface area (Å²) in [6.45, 7) is 2.81. The number of amides is 2. The third-order valence-electron chi connectivity index (χ3n) is 10.2. The third-order valence-corrected chi connectivity index (χ3v) is 14.3. The number of unbranched alkanes of at least 4 members (excludes halogenated alkanes) is 12. The van der Waals surface area contributed by atoms with Crippen LogP contribution in [0, 0.1) is 5.41 Å². The number of aliphatic hydroxyl groups excluding tert-OH is 2. The van der Waals surface area contributed by atoms with E-state index >= 15 is 0 Å². The first kappa shape index (κ1) is 56.9. The summed E-state index contributed by atoms with van der Waals surface area (Å²) in [5.74, 6) is -1.02. The number of phosphoric acid groups is 3. The second-order valence-electron chi connectivity index (χ2n) is 16.3. The average molecular weight is 1010 g/mol. The number of ether oxygens (including phenoxy) is 1. The van der Waals surface area contributed by atoms with E-state index in [0.717, 1.165) is 48.2 Å². The lowest BCUT2D eigenvalue weighted by molar-refractivity contribution is -0.137. The van der Waals surface area contributed by atoms with Crippen molar-refractivity contribution in [3.63, 3.8) is 0 Å². The Kier molecular flexibility index (Phi) is 24.1. The number of hydrogen-bond donors (Lipinski definition) is 9. The van der Waals surface area contributed by atoms with Gasteiger partial charge in [0.2, 0.25) is 11.8 Å². The smallest absolute Gasteiger partial charge is 0.386 e. The van der Waals surface area contributed by atoms with Crippen LogP contribution >= 0.6 is 35.2 Å². The van der Waals surface area contributed by atoms with Gasteiger partial charge in [-0.15, -0.1) is 0 Å². The molecule has 0 saturated carbocycles. The lowest BCUT2D eigenvalue weighted by atomic mass is 9.87. The molecular weight excluding hydrogens is 939 g/mol. The van der Waals surface area contributed by atoms with Crippen LogP contribution in [0.25, 0.3) is 11.2 Å². The van der Waals surface area contributed by atoms with Crippen molar-refractivity contribution in [3.05, 3.63) is 12.7 Å². The molecule has 0 aromatic carbocycles. The Hall–Kier alpha value is -2.44. The summed E-state index contributed by atoms with van der Waals surface area (Å²) in [7, 11) is -16.4. The number of nitrogen functional groups attached to an aromatic ring is 1. The number of phosphoric ester groups is 3. The number of nitrogens with two attached hydrogens (primary N) is 1. The molecule has 0 bridgehead atoms. The number of rotatable bonds is 33. The molecule has 1 aliphatic rings. The van der Waals surface area contributed by atoms with Gasteiger partial charge in [0.15, 0.2) is 22.8 Å². The number of hydrogen-bond acceptors (Lipinski definition) is 18. The normalized spacial score (nSPS) is 20.3. The highest BCUT2D eigenvalue weighted by Crippen LogP contribution is 2.61. The van der Waals surface area contributed by atoms with E-state index in [1.807, 2.05) is 0 Å². The van der Waals surface area contributed by atoms with Crippen LogP contribution in [0.1, 0.15) is 123 Å². The predicted molar refractivity (Wildman–Crippen MR) is 237 cm³/mol. The quantitative estimate of drug-likeness (QED) is 0.0358. The maximum atomic E-state index is 12.7.